The van der Waals surface area contributed by atoms with Crippen LogP contribution in [0.1, 0.15) is 39.5 Å². The van der Waals surface area contributed by atoms with Gasteiger partial charge in [0.25, 0.3) is 0 Å². The maximum Gasteiger partial charge on any atom is 0.0834 e. The molecule has 0 spiro atoms. The van der Waals surface area contributed by atoms with Crippen LogP contribution >= 0.6 is 0 Å². The molecule has 2 heterocycles. The van der Waals surface area contributed by atoms with Gasteiger partial charge in [-0.2, -0.15) is 0 Å². The zero-order valence-corrected chi connectivity index (χ0v) is 11.9. The molecule has 2 aliphatic heterocycles. The van der Waals surface area contributed by atoms with Crippen LogP contribution in [0.4, 0.5) is 0 Å². The van der Waals surface area contributed by atoms with Gasteiger partial charge < -0.3 is 5.11 Å². The van der Waals surface area contributed by atoms with Gasteiger partial charge in [-0.25, -0.2) is 0 Å². The van der Waals surface area contributed by atoms with Crippen molar-refractivity contribution in [3.63, 3.8) is 0 Å². The lowest BCUT2D eigenvalue weighted by Crippen LogP contribution is -2.41. The van der Waals surface area contributed by atoms with E-state index in [0.717, 1.165) is 32.5 Å². The molecule has 0 aromatic heterocycles. The first-order chi connectivity index (χ1) is 8.70. The molecule has 104 valence electrons. The highest BCUT2D eigenvalue weighted by Crippen LogP contribution is 2.21. The van der Waals surface area contributed by atoms with Crippen molar-refractivity contribution in [1.82, 2.24) is 9.80 Å². The van der Waals surface area contributed by atoms with Crippen LogP contribution in [0.3, 0.4) is 0 Å². The molecule has 2 fully saturated rings. The molecule has 0 radical (unpaired) electrons. The van der Waals surface area contributed by atoms with Crippen LogP contribution in [0.15, 0.2) is 11.6 Å². The van der Waals surface area contributed by atoms with Gasteiger partial charge in [0.1, 0.15) is 0 Å². The Bertz CT molecular complexity index is 284. The number of aliphatic hydroxyl groups excluding tert-OH is 1. The summed E-state index contributed by atoms with van der Waals surface area (Å²) in [5.41, 5.74) is 1.48. The first-order valence-corrected chi connectivity index (χ1v) is 7.50. The van der Waals surface area contributed by atoms with Crippen molar-refractivity contribution in [2.75, 3.05) is 32.7 Å². The lowest BCUT2D eigenvalue weighted by Gasteiger charge is -2.25. The SMILES string of the molecule is CCC(C)=CCCN1C[C@H](O)[C@@H](N2CCCC2)C1. The van der Waals surface area contributed by atoms with Crippen LogP contribution in [0.25, 0.3) is 0 Å². The average Bonchev–Trinajstić information content (AvgIpc) is 2.98. The van der Waals surface area contributed by atoms with Crippen LogP contribution in [0, 0.1) is 0 Å². The Morgan fingerprint density at radius 3 is 2.67 bits per heavy atom. The molecule has 3 heteroatoms. The molecule has 18 heavy (non-hydrogen) atoms. The van der Waals surface area contributed by atoms with E-state index >= 15 is 0 Å². The Morgan fingerprint density at radius 2 is 2.00 bits per heavy atom. The van der Waals surface area contributed by atoms with Crippen LogP contribution in [0.5, 0.6) is 0 Å². The predicted octanol–water partition coefficient (Wildman–Crippen LogP) is 1.87. The smallest absolute Gasteiger partial charge is 0.0834 e. The van der Waals surface area contributed by atoms with E-state index in [1.807, 2.05) is 0 Å². The van der Waals surface area contributed by atoms with E-state index in [0.29, 0.717) is 6.04 Å². The maximum atomic E-state index is 10.2. The second kappa shape index (κ2) is 6.69. The fourth-order valence-electron chi connectivity index (χ4n) is 3.10. The summed E-state index contributed by atoms with van der Waals surface area (Å²) in [5.74, 6) is 0. The number of hydrogen-bond acceptors (Lipinski definition) is 3. The molecule has 2 aliphatic rings. The molecule has 2 saturated heterocycles. The Hall–Kier alpha value is -0.380. The van der Waals surface area contributed by atoms with E-state index in [2.05, 4.69) is 29.7 Å². The Balaban J connectivity index is 1.76. The molecule has 2 atom stereocenters. The third-order valence-corrected chi connectivity index (χ3v) is 4.44. The molecule has 0 bridgehead atoms. The third kappa shape index (κ3) is 3.56. The predicted molar refractivity (Wildman–Crippen MR) is 75.7 cm³/mol. The van der Waals surface area contributed by atoms with Crippen LogP contribution in [0.2, 0.25) is 0 Å². The largest absolute Gasteiger partial charge is 0.390 e. The van der Waals surface area contributed by atoms with Gasteiger partial charge in [-0.05, 0) is 45.7 Å². The van der Waals surface area contributed by atoms with Gasteiger partial charge in [0.15, 0.2) is 0 Å². The first kappa shape index (κ1) is 14.0. The quantitative estimate of drug-likeness (QED) is 0.757. The topological polar surface area (TPSA) is 26.7 Å². The van der Waals surface area contributed by atoms with Gasteiger partial charge >= 0.3 is 0 Å². The van der Waals surface area contributed by atoms with Gasteiger partial charge in [0.2, 0.25) is 0 Å². The number of hydrogen-bond donors (Lipinski definition) is 1. The normalized spacial score (nSPS) is 31.4. The highest BCUT2D eigenvalue weighted by Gasteiger charge is 2.35. The molecule has 0 saturated carbocycles. The fourth-order valence-corrected chi connectivity index (χ4v) is 3.10. The molecule has 0 aliphatic carbocycles. The summed E-state index contributed by atoms with van der Waals surface area (Å²) < 4.78 is 0. The number of rotatable bonds is 5. The minimum atomic E-state index is -0.139. The monoisotopic (exact) mass is 252 g/mol. The first-order valence-electron chi connectivity index (χ1n) is 7.50. The summed E-state index contributed by atoms with van der Waals surface area (Å²) in [6.07, 6.45) is 7.09. The molecular weight excluding hydrogens is 224 g/mol. The van der Waals surface area contributed by atoms with Crippen LogP contribution < -0.4 is 0 Å². The van der Waals surface area contributed by atoms with Crippen molar-refractivity contribution in [2.45, 2.75) is 51.7 Å². The van der Waals surface area contributed by atoms with Gasteiger partial charge in [0, 0.05) is 25.7 Å². The van der Waals surface area contributed by atoms with Crippen molar-refractivity contribution in [1.29, 1.82) is 0 Å². The van der Waals surface area contributed by atoms with Gasteiger partial charge in [-0.3, -0.25) is 9.80 Å². The van der Waals surface area contributed by atoms with E-state index in [-0.39, 0.29) is 6.10 Å². The van der Waals surface area contributed by atoms with Gasteiger partial charge in [-0.1, -0.05) is 18.6 Å². The Morgan fingerprint density at radius 1 is 1.28 bits per heavy atom. The highest BCUT2D eigenvalue weighted by molar-refractivity contribution is 4.98. The standard InChI is InChI=1S/C15H28N2O/c1-3-13(2)7-6-8-16-11-14(15(18)12-16)17-9-4-5-10-17/h7,14-15,18H,3-6,8-12H2,1-2H3/t14-,15-/m0/s1. The molecular formula is C15H28N2O. The summed E-state index contributed by atoms with van der Waals surface area (Å²) in [6.45, 7) is 9.79. The summed E-state index contributed by atoms with van der Waals surface area (Å²) in [5, 5.41) is 10.2. The summed E-state index contributed by atoms with van der Waals surface area (Å²) >= 11 is 0. The third-order valence-electron chi connectivity index (χ3n) is 4.44. The molecule has 3 nitrogen and oxygen atoms in total. The van der Waals surface area contributed by atoms with Crippen LogP contribution in [-0.4, -0.2) is 59.8 Å². The number of β-amino-alcohol motifs (C(OH)–C–C–N with tert-alkyl or cyclic N) is 1. The average molecular weight is 252 g/mol. The fraction of sp³-hybridized carbons (Fsp3) is 0.867. The number of nitrogens with zero attached hydrogens (tertiary/aromatic N) is 2. The lowest BCUT2D eigenvalue weighted by atomic mass is 10.2. The highest BCUT2D eigenvalue weighted by atomic mass is 16.3. The zero-order chi connectivity index (χ0) is 13.0. The number of aliphatic hydroxyl groups is 1. The second-order valence-electron chi connectivity index (χ2n) is 5.83. The van der Waals surface area contributed by atoms with E-state index in [9.17, 15) is 5.11 Å². The molecule has 0 aromatic carbocycles. The molecule has 0 aromatic rings. The zero-order valence-electron chi connectivity index (χ0n) is 11.9. The van der Waals surface area contributed by atoms with Crippen molar-refractivity contribution in [3.8, 4) is 0 Å². The summed E-state index contributed by atoms with van der Waals surface area (Å²) in [6, 6.07) is 0.392. The minimum absolute atomic E-state index is 0.139. The Labute approximate surface area is 111 Å². The summed E-state index contributed by atoms with van der Waals surface area (Å²) in [7, 11) is 0. The molecule has 0 amide bonds. The molecule has 2 rings (SSSR count). The van der Waals surface area contributed by atoms with Crippen molar-refractivity contribution >= 4 is 0 Å². The van der Waals surface area contributed by atoms with Crippen molar-refractivity contribution < 1.29 is 5.11 Å². The van der Waals surface area contributed by atoms with E-state index in [1.54, 1.807) is 0 Å². The lowest BCUT2D eigenvalue weighted by molar-refractivity contribution is 0.0979. The molecule has 0 unspecified atom stereocenters. The van der Waals surface area contributed by atoms with Gasteiger partial charge in [0.05, 0.1) is 6.10 Å². The Kier molecular flexibility index (Phi) is 5.22. The number of allylic oxidation sites excluding steroid dienone is 1. The number of likely N-dealkylation sites (tertiary alicyclic amines) is 2. The summed E-state index contributed by atoms with van der Waals surface area (Å²) in [4.78, 5) is 4.91. The van der Waals surface area contributed by atoms with Gasteiger partial charge in [-0.15, -0.1) is 0 Å². The molecule has 1 N–H and O–H groups in total. The van der Waals surface area contributed by atoms with E-state index in [1.165, 1.54) is 31.5 Å². The van der Waals surface area contributed by atoms with Crippen molar-refractivity contribution in [3.05, 3.63) is 11.6 Å². The van der Waals surface area contributed by atoms with E-state index < -0.39 is 0 Å². The van der Waals surface area contributed by atoms with Crippen molar-refractivity contribution in [2.24, 2.45) is 0 Å². The minimum Gasteiger partial charge on any atom is -0.390 e. The van der Waals surface area contributed by atoms with E-state index in [4.69, 9.17) is 0 Å². The maximum absolute atomic E-state index is 10.2. The van der Waals surface area contributed by atoms with Crippen LogP contribution in [-0.2, 0) is 0 Å². The second-order valence-corrected chi connectivity index (χ2v) is 5.83.